The van der Waals surface area contributed by atoms with E-state index in [2.05, 4.69) is 10.3 Å². The summed E-state index contributed by atoms with van der Waals surface area (Å²) in [6.07, 6.45) is 1.03. The number of nitrogens with zero attached hydrogens (tertiary/aromatic N) is 1. The van der Waals surface area contributed by atoms with Gasteiger partial charge in [0.1, 0.15) is 0 Å². The number of halogens is 2. The van der Waals surface area contributed by atoms with Gasteiger partial charge >= 0.3 is 0 Å². The number of hydrogen-bond acceptors (Lipinski definition) is 4. The average molecular weight is 260 g/mol. The van der Waals surface area contributed by atoms with Gasteiger partial charge in [0.25, 0.3) is 5.91 Å². The highest BCUT2D eigenvalue weighted by Gasteiger charge is 2.15. The van der Waals surface area contributed by atoms with Crippen molar-refractivity contribution in [2.45, 2.75) is 0 Å². The summed E-state index contributed by atoms with van der Waals surface area (Å²) in [7, 11) is 1.55. The molecule has 0 radical (unpaired) electrons. The molecule has 0 saturated carbocycles. The molecule has 7 heteroatoms. The Bertz CT molecular complexity index is 402. The van der Waals surface area contributed by atoms with Crippen molar-refractivity contribution in [2.24, 2.45) is 0 Å². The Morgan fingerprint density at radius 2 is 2.17 bits per heavy atom. The van der Waals surface area contributed by atoms with Gasteiger partial charge in [0, 0.05) is 19.9 Å². The molecule has 0 aliphatic carbocycles. The first-order valence-electron chi connectivity index (χ1n) is 5.31. The van der Waals surface area contributed by atoms with Crippen LogP contribution in [0.1, 0.15) is 10.4 Å². The van der Waals surface area contributed by atoms with Gasteiger partial charge in [0.15, 0.2) is 5.82 Å². The number of amides is 1. The van der Waals surface area contributed by atoms with E-state index in [-0.39, 0.29) is 18.7 Å². The molecule has 1 N–H and O–H groups in total. The standard InChI is InChI=1S/C11H14F2N2O3/c1-17-6-7-18-5-4-15-11(16)8-2-3-14-10(13)9(8)12/h2-3H,4-7H2,1H3,(H,15,16). The van der Waals surface area contributed by atoms with Gasteiger partial charge in [-0.05, 0) is 6.07 Å². The van der Waals surface area contributed by atoms with Gasteiger partial charge in [-0.25, -0.2) is 9.37 Å². The minimum atomic E-state index is -1.29. The number of carbonyl (C=O) groups excluding carboxylic acids is 1. The van der Waals surface area contributed by atoms with E-state index in [4.69, 9.17) is 9.47 Å². The first-order chi connectivity index (χ1) is 8.66. The summed E-state index contributed by atoms with van der Waals surface area (Å²) in [5.74, 6) is -3.25. The van der Waals surface area contributed by atoms with Crippen LogP contribution in [0.15, 0.2) is 12.3 Å². The molecule has 0 bridgehead atoms. The van der Waals surface area contributed by atoms with Gasteiger partial charge in [-0.2, -0.15) is 4.39 Å². The number of carbonyl (C=O) groups is 1. The Hall–Kier alpha value is -1.60. The van der Waals surface area contributed by atoms with Crippen LogP contribution in [0.5, 0.6) is 0 Å². The van der Waals surface area contributed by atoms with Gasteiger partial charge < -0.3 is 14.8 Å². The first kappa shape index (κ1) is 14.5. The zero-order valence-electron chi connectivity index (χ0n) is 9.91. The number of nitrogens with one attached hydrogen (secondary N) is 1. The minimum Gasteiger partial charge on any atom is -0.382 e. The van der Waals surface area contributed by atoms with Crippen molar-refractivity contribution < 1.29 is 23.0 Å². The maximum atomic E-state index is 13.2. The summed E-state index contributed by atoms with van der Waals surface area (Å²) in [6.45, 7) is 1.33. The molecule has 0 aliphatic rings. The molecule has 0 unspecified atom stereocenters. The Labute approximate surface area is 103 Å². The van der Waals surface area contributed by atoms with Gasteiger partial charge in [0.05, 0.1) is 25.4 Å². The van der Waals surface area contributed by atoms with Crippen molar-refractivity contribution in [3.8, 4) is 0 Å². The van der Waals surface area contributed by atoms with Crippen molar-refractivity contribution in [1.82, 2.24) is 10.3 Å². The van der Waals surface area contributed by atoms with Crippen LogP contribution in [0.3, 0.4) is 0 Å². The van der Waals surface area contributed by atoms with E-state index < -0.39 is 17.7 Å². The van der Waals surface area contributed by atoms with Crippen molar-refractivity contribution in [2.75, 3.05) is 33.5 Å². The van der Waals surface area contributed by atoms with Crippen molar-refractivity contribution in [3.05, 3.63) is 29.6 Å². The van der Waals surface area contributed by atoms with Gasteiger partial charge in [-0.15, -0.1) is 0 Å². The molecule has 0 spiro atoms. The van der Waals surface area contributed by atoms with Crippen LogP contribution in [0, 0.1) is 11.8 Å². The highest BCUT2D eigenvalue weighted by molar-refractivity contribution is 5.94. The lowest BCUT2D eigenvalue weighted by Crippen LogP contribution is -2.28. The average Bonchev–Trinajstić information content (AvgIpc) is 2.36. The monoisotopic (exact) mass is 260 g/mol. The number of pyridine rings is 1. The van der Waals surface area contributed by atoms with Crippen LogP contribution in [-0.4, -0.2) is 44.4 Å². The van der Waals surface area contributed by atoms with Crippen LogP contribution >= 0.6 is 0 Å². The lowest BCUT2D eigenvalue weighted by Gasteiger charge is -2.06. The van der Waals surface area contributed by atoms with E-state index in [1.807, 2.05) is 0 Å². The third-order valence-corrected chi connectivity index (χ3v) is 2.06. The molecule has 1 heterocycles. The zero-order valence-corrected chi connectivity index (χ0v) is 9.91. The van der Waals surface area contributed by atoms with Crippen molar-refractivity contribution >= 4 is 5.91 Å². The van der Waals surface area contributed by atoms with Gasteiger partial charge in [-0.1, -0.05) is 0 Å². The molecule has 0 fully saturated rings. The summed E-state index contributed by atoms with van der Waals surface area (Å²) in [5, 5.41) is 2.40. The predicted molar refractivity (Wildman–Crippen MR) is 59.2 cm³/mol. The van der Waals surface area contributed by atoms with Crippen molar-refractivity contribution in [3.63, 3.8) is 0 Å². The van der Waals surface area contributed by atoms with E-state index in [0.717, 1.165) is 12.3 Å². The molecule has 1 rings (SSSR count). The Morgan fingerprint density at radius 1 is 1.39 bits per heavy atom. The molecule has 1 aromatic heterocycles. The quantitative estimate of drug-likeness (QED) is 0.580. The molecule has 100 valence electrons. The summed E-state index contributed by atoms with van der Waals surface area (Å²) < 4.78 is 35.8. The van der Waals surface area contributed by atoms with E-state index in [0.29, 0.717) is 13.2 Å². The lowest BCUT2D eigenvalue weighted by molar-refractivity contribution is 0.0691. The lowest BCUT2D eigenvalue weighted by atomic mass is 10.2. The van der Waals surface area contributed by atoms with Crippen LogP contribution in [0.25, 0.3) is 0 Å². The summed E-state index contributed by atoms with van der Waals surface area (Å²) >= 11 is 0. The molecule has 1 aromatic rings. The second kappa shape index (κ2) is 7.67. The molecule has 0 atom stereocenters. The highest BCUT2D eigenvalue weighted by atomic mass is 19.2. The molecule has 1 amide bonds. The third kappa shape index (κ3) is 4.34. The second-order valence-corrected chi connectivity index (χ2v) is 3.32. The van der Waals surface area contributed by atoms with Crippen LogP contribution in [0.4, 0.5) is 8.78 Å². The summed E-state index contributed by atoms with van der Waals surface area (Å²) in [6, 6.07) is 1.11. The van der Waals surface area contributed by atoms with Crippen molar-refractivity contribution in [1.29, 1.82) is 0 Å². The van der Waals surface area contributed by atoms with Gasteiger partial charge in [0.2, 0.25) is 5.95 Å². The number of rotatable bonds is 7. The summed E-state index contributed by atoms with van der Waals surface area (Å²) in [5.41, 5.74) is -0.376. The van der Waals surface area contributed by atoms with E-state index >= 15 is 0 Å². The molecule has 18 heavy (non-hydrogen) atoms. The Balaban J connectivity index is 2.35. The maximum absolute atomic E-state index is 13.2. The topological polar surface area (TPSA) is 60.5 Å². The Morgan fingerprint density at radius 3 is 2.89 bits per heavy atom. The molecule has 0 saturated heterocycles. The number of hydrogen-bond donors (Lipinski definition) is 1. The SMILES string of the molecule is COCCOCCNC(=O)c1ccnc(F)c1F. The minimum absolute atomic E-state index is 0.200. The predicted octanol–water partition coefficient (Wildman–Crippen LogP) is 0.753. The first-order valence-corrected chi connectivity index (χ1v) is 5.31. The summed E-state index contributed by atoms with van der Waals surface area (Å²) in [4.78, 5) is 14.6. The fraction of sp³-hybridized carbons (Fsp3) is 0.455. The molecule has 0 aliphatic heterocycles. The van der Waals surface area contributed by atoms with Gasteiger partial charge in [-0.3, -0.25) is 4.79 Å². The molecule has 5 nitrogen and oxygen atoms in total. The number of methoxy groups -OCH3 is 1. The molecular weight excluding hydrogens is 246 g/mol. The molecule has 0 aromatic carbocycles. The van der Waals surface area contributed by atoms with Crippen LogP contribution in [0.2, 0.25) is 0 Å². The van der Waals surface area contributed by atoms with E-state index in [1.54, 1.807) is 7.11 Å². The van der Waals surface area contributed by atoms with Crippen LogP contribution < -0.4 is 5.32 Å². The number of aromatic nitrogens is 1. The zero-order chi connectivity index (χ0) is 13.4. The number of ether oxygens (including phenoxy) is 2. The smallest absolute Gasteiger partial charge is 0.254 e. The third-order valence-electron chi connectivity index (χ3n) is 2.06. The van der Waals surface area contributed by atoms with E-state index in [1.165, 1.54) is 0 Å². The second-order valence-electron chi connectivity index (χ2n) is 3.32. The normalized spacial score (nSPS) is 10.4. The Kier molecular flexibility index (Phi) is 6.16. The van der Waals surface area contributed by atoms with Crippen LogP contribution in [-0.2, 0) is 9.47 Å². The highest BCUT2D eigenvalue weighted by Crippen LogP contribution is 2.08. The van der Waals surface area contributed by atoms with E-state index in [9.17, 15) is 13.6 Å². The maximum Gasteiger partial charge on any atom is 0.254 e. The fourth-order valence-electron chi connectivity index (χ4n) is 1.17. The largest absolute Gasteiger partial charge is 0.382 e. The fourth-order valence-corrected chi connectivity index (χ4v) is 1.17. The molecular formula is C11H14F2N2O3.